The maximum absolute atomic E-state index is 11.9. The molecule has 0 fully saturated rings. The van der Waals surface area contributed by atoms with Crippen molar-refractivity contribution in [2.24, 2.45) is 0 Å². The third kappa shape index (κ3) is 3.95. The van der Waals surface area contributed by atoms with E-state index >= 15 is 0 Å². The minimum atomic E-state index is -0.500. The van der Waals surface area contributed by atoms with E-state index in [9.17, 15) is 9.59 Å². The van der Waals surface area contributed by atoms with Crippen LogP contribution >= 0.6 is 0 Å². The Morgan fingerprint density at radius 3 is 2.68 bits per heavy atom. The number of carbonyl (C=O) groups excluding carboxylic acids is 1. The molecule has 25 heavy (non-hydrogen) atoms. The number of hydrogen-bond donors (Lipinski definition) is 0. The number of hydrogen-bond acceptors (Lipinski definition) is 5. The van der Waals surface area contributed by atoms with Crippen LogP contribution in [0.4, 0.5) is 0 Å². The van der Waals surface area contributed by atoms with Crippen molar-refractivity contribution in [2.75, 3.05) is 13.2 Å². The Morgan fingerprint density at radius 2 is 1.92 bits per heavy atom. The van der Waals surface area contributed by atoms with Gasteiger partial charge in [-0.25, -0.2) is 9.59 Å². The summed E-state index contributed by atoms with van der Waals surface area (Å²) in [7, 11) is 0. The summed E-state index contributed by atoms with van der Waals surface area (Å²) in [5.74, 6) is -0.0871. The molecule has 126 valence electrons. The van der Waals surface area contributed by atoms with Crippen molar-refractivity contribution in [2.45, 2.75) is 0 Å². The van der Waals surface area contributed by atoms with E-state index in [-0.39, 0.29) is 13.2 Å². The quantitative estimate of drug-likeness (QED) is 0.391. The first kappa shape index (κ1) is 16.5. The maximum Gasteiger partial charge on any atom is 0.344 e. The van der Waals surface area contributed by atoms with Gasteiger partial charge >= 0.3 is 11.6 Å². The third-order valence-electron chi connectivity index (χ3n) is 3.52. The zero-order valence-corrected chi connectivity index (χ0v) is 13.4. The normalized spacial score (nSPS) is 10.4. The largest absolute Gasteiger partial charge is 0.482 e. The van der Waals surface area contributed by atoms with E-state index in [4.69, 9.17) is 13.9 Å². The van der Waals surface area contributed by atoms with Crippen LogP contribution in [-0.2, 0) is 9.53 Å². The van der Waals surface area contributed by atoms with Crippen LogP contribution in [0.2, 0.25) is 0 Å². The molecular weight excluding hydrogens is 320 g/mol. The van der Waals surface area contributed by atoms with Gasteiger partial charge in [-0.05, 0) is 23.3 Å². The van der Waals surface area contributed by atoms with E-state index in [0.717, 1.165) is 16.5 Å². The highest BCUT2D eigenvalue weighted by Gasteiger charge is 2.10. The SMILES string of the molecule is C=CCOC(=O)COc1ccc2c(-c3ccccc3)cc(=O)oc2c1. The van der Waals surface area contributed by atoms with Crippen LogP contribution in [0.3, 0.4) is 0 Å². The van der Waals surface area contributed by atoms with Gasteiger partial charge in [-0.3, -0.25) is 0 Å². The van der Waals surface area contributed by atoms with Crippen LogP contribution in [0.5, 0.6) is 5.75 Å². The predicted molar refractivity (Wildman–Crippen MR) is 94.6 cm³/mol. The van der Waals surface area contributed by atoms with E-state index in [1.165, 1.54) is 12.1 Å². The van der Waals surface area contributed by atoms with E-state index in [1.54, 1.807) is 18.2 Å². The molecule has 1 aromatic heterocycles. The molecule has 0 saturated carbocycles. The smallest absolute Gasteiger partial charge is 0.344 e. The fraction of sp³-hybridized carbons (Fsp3) is 0.100. The van der Waals surface area contributed by atoms with Crippen molar-refractivity contribution in [3.8, 4) is 16.9 Å². The van der Waals surface area contributed by atoms with Gasteiger partial charge in [0.25, 0.3) is 0 Å². The predicted octanol–water partition coefficient (Wildman–Crippen LogP) is 3.57. The highest BCUT2D eigenvalue weighted by atomic mass is 16.6. The van der Waals surface area contributed by atoms with E-state index in [1.807, 2.05) is 30.3 Å². The monoisotopic (exact) mass is 336 g/mol. The van der Waals surface area contributed by atoms with E-state index < -0.39 is 11.6 Å². The number of fused-ring (bicyclic) bond motifs is 1. The standard InChI is InChI=1S/C20H16O5/c1-2-10-23-20(22)13-24-15-8-9-16-17(14-6-4-3-5-7-14)12-19(21)25-18(16)11-15/h2-9,11-12H,1,10,13H2. The zero-order chi connectivity index (χ0) is 17.6. The number of esters is 1. The first-order valence-corrected chi connectivity index (χ1v) is 7.70. The van der Waals surface area contributed by atoms with Crippen molar-refractivity contribution in [3.05, 3.63) is 77.7 Å². The summed E-state index contributed by atoms with van der Waals surface area (Å²) in [5, 5.41) is 0.785. The average molecular weight is 336 g/mol. The minimum absolute atomic E-state index is 0.134. The lowest BCUT2D eigenvalue weighted by molar-refractivity contribution is -0.144. The molecule has 0 saturated heterocycles. The van der Waals surface area contributed by atoms with Crippen molar-refractivity contribution < 1.29 is 18.7 Å². The van der Waals surface area contributed by atoms with Crippen molar-refractivity contribution in [1.82, 2.24) is 0 Å². The Bertz CT molecular complexity index is 957. The molecule has 2 aromatic carbocycles. The molecule has 0 bridgehead atoms. The van der Waals surface area contributed by atoms with Gasteiger partial charge in [0.05, 0.1) is 0 Å². The van der Waals surface area contributed by atoms with Crippen molar-refractivity contribution >= 4 is 16.9 Å². The molecule has 0 aliphatic rings. The first-order chi connectivity index (χ1) is 12.2. The Morgan fingerprint density at radius 1 is 1.12 bits per heavy atom. The number of ether oxygens (including phenoxy) is 2. The number of rotatable bonds is 6. The van der Waals surface area contributed by atoms with E-state index in [0.29, 0.717) is 11.3 Å². The molecule has 5 heteroatoms. The number of benzene rings is 2. The molecule has 0 unspecified atom stereocenters. The molecule has 1 heterocycles. The van der Waals surface area contributed by atoms with Crippen LogP contribution < -0.4 is 10.4 Å². The van der Waals surface area contributed by atoms with Crippen LogP contribution in [0.25, 0.3) is 22.1 Å². The molecular formula is C20H16O5. The van der Waals surface area contributed by atoms with Gasteiger partial charge in [0.2, 0.25) is 0 Å². The molecule has 0 aliphatic heterocycles. The topological polar surface area (TPSA) is 65.7 Å². The summed E-state index contributed by atoms with van der Waals surface area (Å²) in [6.45, 7) is 3.37. The fourth-order valence-corrected chi connectivity index (χ4v) is 2.43. The zero-order valence-electron chi connectivity index (χ0n) is 13.4. The second kappa shape index (κ2) is 7.49. The lowest BCUT2D eigenvalue weighted by Crippen LogP contribution is -2.14. The summed E-state index contributed by atoms with van der Waals surface area (Å²) in [6, 6.07) is 16.1. The molecule has 0 amide bonds. The Kier molecular flexibility index (Phi) is 4.95. The van der Waals surface area contributed by atoms with Crippen LogP contribution in [0.1, 0.15) is 0 Å². The fourth-order valence-electron chi connectivity index (χ4n) is 2.43. The molecule has 5 nitrogen and oxygen atoms in total. The van der Waals surface area contributed by atoms with Crippen LogP contribution in [0.15, 0.2) is 76.5 Å². The van der Waals surface area contributed by atoms with Gasteiger partial charge in [0.1, 0.15) is 17.9 Å². The van der Waals surface area contributed by atoms with Crippen LogP contribution in [0, 0.1) is 0 Å². The highest BCUT2D eigenvalue weighted by Crippen LogP contribution is 2.29. The Balaban J connectivity index is 1.90. The average Bonchev–Trinajstić information content (AvgIpc) is 2.64. The summed E-state index contributed by atoms with van der Waals surface area (Å²) in [6.07, 6.45) is 1.48. The van der Waals surface area contributed by atoms with Gasteiger partial charge in [-0.15, -0.1) is 0 Å². The van der Waals surface area contributed by atoms with Crippen molar-refractivity contribution in [1.29, 1.82) is 0 Å². The number of carbonyl (C=O) groups is 1. The second-order valence-corrected chi connectivity index (χ2v) is 5.26. The van der Waals surface area contributed by atoms with Gasteiger partial charge in [-0.2, -0.15) is 0 Å². The second-order valence-electron chi connectivity index (χ2n) is 5.26. The molecule has 0 aliphatic carbocycles. The van der Waals surface area contributed by atoms with Gasteiger partial charge < -0.3 is 13.9 Å². The highest BCUT2D eigenvalue weighted by molar-refractivity contribution is 5.93. The van der Waals surface area contributed by atoms with Gasteiger partial charge in [-0.1, -0.05) is 43.0 Å². The maximum atomic E-state index is 11.9. The summed E-state index contributed by atoms with van der Waals surface area (Å²) in [5.41, 5.74) is 1.64. The molecule has 3 aromatic rings. The molecule has 0 spiro atoms. The third-order valence-corrected chi connectivity index (χ3v) is 3.52. The molecule has 0 radical (unpaired) electrons. The Labute approximate surface area is 144 Å². The lowest BCUT2D eigenvalue weighted by Gasteiger charge is -2.09. The first-order valence-electron chi connectivity index (χ1n) is 7.70. The van der Waals surface area contributed by atoms with Crippen LogP contribution in [-0.4, -0.2) is 19.2 Å². The van der Waals surface area contributed by atoms with Gasteiger partial charge in [0, 0.05) is 17.5 Å². The Hall–Kier alpha value is -3.34. The summed E-state index contributed by atoms with van der Waals surface area (Å²) in [4.78, 5) is 23.3. The molecule has 3 rings (SSSR count). The molecule has 0 N–H and O–H groups in total. The summed E-state index contributed by atoms with van der Waals surface area (Å²) >= 11 is 0. The summed E-state index contributed by atoms with van der Waals surface area (Å²) < 4.78 is 15.5. The minimum Gasteiger partial charge on any atom is -0.482 e. The van der Waals surface area contributed by atoms with E-state index in [2.05, 4.69) is 6.58 Å². The van der Waals surface area contributed by atoms with Gasteiger partial charge in [0.15, 0.2) is 6.61 Å². The molecule has 0 atom stereocenters. The van der Waals surface area contributed by atoms with Crippen molar-refractivity contribution in [3.63, 3.8) is 0 Å². The lowest BCUT2D eigenvalue weighted by atomic mass is 10.0.